The Kier molecular flexibility index (Phi) is 6.72. The van der Waals surface area contributed by atoms with Crippen molar-refractivity contribution < 1.29 is 22.3 Å². The van der Waals surface area contributed by atoms with Crippen molar-refractivity contribution >= 4 is 21.6 Å². The number of fused-ring (bicyclic) bond motifs is 1. The maximum absolute atomic E-state index is 13.6. The number of imidazole rings is 1. The Balaban J connectivity index is 1.79. The van der Waals surface area contributed by atoms with Crippen LogP contribution in [0.3, 0.4) is 0 Å². The van der Waals surface area contributed by atoms with Crippen molar-refractivity contribution in [1.82, 2.24) is 29.7 Å². The molecule has 1 amide bonds. The second-order valence-electron chi connectivity index (χ2n) is 9.06. The fraction of sp³-hybridized carbons (Fsp3) is 0.292. The molecule has 0 aliphatic carbocycles. The summed E-state index contributed by atoms with van der Waals surface area (Å²) in [5, 5.41) is 2.38. The molecule has 1 N–H and O–H groups in total. The number of hydrogen-bond acceptors (Lipinski definition) is 8. The van der Waals surface area contributed by atoms with Crippen LogP contribution in [0.25, 0.3) is 28.3 Å². The fourth-order valence-electron chi connectivity index (χ4n) is 3.51. The van der Waals surface area contributed by atoms with Crippen molar-refractivity contribution in [3.63, 3.8) is 0 Å². The first-order chi connectivity index (χ1) is 16.9. The van der Waals surface area contributed by atoms with E-state index in [-0.39, 0.29) is 11.7 Å². The average molecular weight is 513 g/mol. The topological polar surface area (TPSA) is 128 Å². The molecule has 0 radical (unpaired) electrons. The summed E-state index contributed by atoms with van der Waals surface area (Å²) in [7, 11) is -3.66. The Bertz CT molecular complexity index is 1530. The number of carbonyl (C=O) groups excluding carboxylic acids is 1. The molecule has 36 heavy (non-hydrogen) atoms. The summed E-state index contributed by atoms with van der Waals surface area (Å²) in [6.45, 7) is 5.59. The summed E-state index contributed by atoms with van der Waals surface area (Å²) in [6.07, 6.45) is 5.45. The Morgan fingerprint density at radius 2 is 1.81 bits per heavy atom. The van der Waals surface area contributed by atoms with Gasteiger partial charge in [-0.25, -0.2) is 32.6 Å². The number of rotatable bonds is 6. The van der Waals surface area contributed by atoms with E-state index in [1.54, 1.807) is 55.8 Å². The number of ether oxygens (including phenoxy) is 1. The minimum atomic E-state index is -3.66. The molecule has 4 aromatic rings. The van der Waals surface area contributed by atoms with Gasteiger partial charge in [-0.3, -0.25) is 9.38 Å². The van der Waals surface area contributed by atoms with Crippen LogP contribution in [-0.4, -0.2) is 57.2 Å². The molecule has 0 atom stereocenters. The van der Waals surface area contributed by atoms with Crippen LogP contribution < -0.4 is 5.32 Å². The number of alkyl carbamates (subject to hydrolysis) is 1. The number of halogens is 1. The molecule has 3 aromatic heterocycles. The van der Waals surface area contributed by atoms with Crippen LogP contribution in [0.4, 0.5) is 9.18 Å². The standard InChI is InChI=1S/C24H25FN6O4S/c1-24(2,3)35-23(32)28-12-10-18-21-30-19(15-5-7-16(25)8-6-15)20(31(21)14-13-26-18)17-9-11-27-22(29-17)36(4,33)34/h5-9,11,13-14H,10,12H2,1-4H3,(H,28,32). The summed E-state index contributed by atoms with van der Waals surface area (Å²) in [6, 6.07) is 7.37. The third-order valence-electron chi connectivity index (χ3n) is 4.97. The molecule has 0 aliphatic heterocycles. The molecule has 12 heteroatoms. The van der Waals surface area contributed by atoms with Crippen LogP contribution in [0, 0.1) is 5.82 Å². The smallest absolute Gasteiger partial charge is 0.407 e. The van der Waals surface area contributed by atoms with Crippen molar-refractivity contribution in [2.45, 2.75) is 37.9 Å². The van der Waals surface area contributed by atoms with E-state index in [2.05, 4.69) is 20.3 Å². The molecule has 4 rings (SSSR count). The number of hydrogen-bond donors (Lipinski definition) is 1. The number of benzene rings is 1. The van der Waals surface area contributed by atoms with Crippen molar-refractivity contribution in [2.75, 3.05) is 12.8 Å². The van der Waals surface area contributed by atoms with E-state index in [1.165, 1.54) is 18.3 Å². The highest BCUT2D eigenvalue weighted by Gasteiger charge is 2.22. The number of nitrogens with one attached hydrogen (secondary N) is 1. The van der Waals surface area contributed by atoms with E-state index in [4.69, 9.17) is 9.72 Å². The second-order valence-corrected chi connectivity index (χ2v) is 11.0. The highest BCUT2D eigenvalue weighted by molar-refractivity contribution is 7.90. The lowest BCUT2D eigenvalue weighted by atomic mass is 10.1. The van der Waals surface area contributed by atoms with Gasteiger partial charge in [0.2, 0.25) is 15.0 Å². The monoisotopic (exact) mass is 512 g/mol. The van der Waals surface area contributed by atoms with E-state index in [1.807, 2.05) is 0 Å². The third kappa shape index (κ3) is 5.65. The zero-order valence-corrected chi connectivity index (χ0v) is 21.0. The highest BCUT2D eigenvalue weighted by atomic mass is 32.2. The van der Waals surface area contributed by atoms with Gasteiger partial charge in [-0.15, -0.1) is 0 Å². The molecular weight excluding hydrogens is 487 g/mol. The van der Waals surface area contributed by atoms with Crippen molar-refractivity contribution in [3.05, 3.63) is 60.4 Å². The van der Waals surface area contributed by atoms with Gasteiger partial charge in [0.05, 0.1) is 22.8 Å². The van der Waals surface area contributed by atoms with E-state index in [9.17, 15) is 17.6 Å². The quantitative estimate of drug-likeness (QED) is 0.389. The molecule has 0 bridgehead atoms. The molecule has 0 aliphatic rings. The molecule has 0 spiro atoms. The number of nitrogens with zero attached hydrogens (tertiary/aromatic N) is 5. The van der Waals surface area contributed by atoms with Gasteiger partial charge >= 0.3 is 6.09 Å². The Hall–Kier alpha value is -3.93. The van der Waals surface area contributed by atoms with Crippen molar-refractivity contribution in [3.8, 4) is 22.6 Å². The van der Waals surface area contributed by atoms with Crippen LogP contribution in [0.1, 0.15) is 26.5 Å². The van der Waals surface area contributed by atoms with Gasteiger partial charge in [0, 0.05) is 43.4 Å². The van der Waals surface area contributed by atoms with Gasteiger partial charge in [0.15, 0.2) is 5.65 Å². The molecule has 10 nitrogen and oxygen atoms in total. The first-order valence-electron chi connectivity index (χ1n) is 11.0. The lowest BCUT2D eigenvalue weighted by Gasteiger charge is -2.19. The van der Waals surface area contributed by atoms with Crippen molar-refractivity contribution in [1.29, 1.82) is 0 Å². The zero-order valence-electron chi connectivity index (χ0n) is 20.2. The van der Waals surface area contributed by atoms with E-state index < -0.39 is 27.3 Å². The van der Waals surface area contributed by atoms with Gasteiger partial charge in [-0.1, -0.05) is 0 Å². The normalized spacial score (nSPS) is 12.0. The fourth-order valence-corrected chi connectivity index (χ4v) is 4.02. The summed E-state index contributed by atoms with van der Waals surface area (Å²) >= 11 is 0. The van der Waals surface area contributed by atoms with Gasteiger partial charge in [-0.05, 0) is 51.1 Å². The largest absolute Gasteiger partial charge is 0.444 e. The van der Waals surface area contributed by atoms with Crippen LogP contribution >= 0.6 is 0 Å². The number of carbonyl (C=O) groups is 1. The summed E-state index contributed by atoms with van der Waals surface area (Å²) in [5.74, 6) is -0.402. The Morgan fingerprint density at radius 3 is 2.47 bits per heavy atom. The van der Waals surface area contributed by atoms with Gasteiger partial charge in [0.25, 0.3) is 0 Å². The molecule has 1 aromatic carbocycles. The number of sulfone groups is 1. The first kappa shape index (κ1) is 25.2. The van der Waals surface area contributed by atoms with E-state index >= 15 is 0 Å². The minimum Gasteiger partial charge on any atom is -0.444 e. The van der Waals surface area contributed by atoms with Gasteiger partial charge in [-0.2, -0.15) is 0 Å². The van der Waals surface area contributed by atoms with Crippen LogP contribution in [-0.2, 0) is 21.0 Å². The Labute approximate surface area is 207 Å². The highest BCUT2D eigenvalue weighted by Crippen LogP contribution is 2.32. The third-order valence-corrected chi connectivity index (χ3v) is 5.83. The molecule has 0 saturated carbocycles. The summed E-state index contributed by atoms with van der Waals surface area (Å²) < 4.78 is 44.8. The van der Waals surface area contributed by atoms with Gasteiger partial charge in [0.1, 0.15) is 11.4 Å². The average Bonchev–Trinajstić information content (AvgIpc) is 3.18. The van der Waals surface area contributed by atoms with Crippen LogP contribution in [0.2, 0.25) is 0 Å². The molecule has 0 saturated heterocycles. The predicted molar refractivity (Wildman–Crippen MR) is 130 cm³/mol. The lowest BCUT2D eigenvalue weighted by Crippen LogP contribution is -2.33. The molecular formula is C24H25FN6O4S. The number of amides is 1. The minimum absolute atomic E-state index is 0.251. The second kappa shape index (κ2) is 9.61. The summed E-state index contributed by atoms with van der Waals surface area (Å²) in [4.78, 5) is 29.3. The lowest BCUT2D eigenvalue weighted by molar-refractivity contribution is 0.0528. The van der Waals surface area contributed by atoms with Gasteiger partial charge < -0.3 is 10.1 Å². The Morgan fingerprint density at radius 1 is 1.08 bits per heavy atom. The van der Waals surface area contributed by atoms with Crippen LogP contribution in [0.5, 0.6) is 0 Å². The van der Waals surface area contributed by atoms with Crippen LogP contribution in [0.15, 0.2) is 54.1 Å². The van der Waals surface area contributed by atoms with Crippen molar-refractivity contribution in [2.24, 2.45) is 0 Å². The summed E-state index contributed by atoms with van der Waals surface area (Å²) in [5.41, 5.74) is 2.33. The van der Waals surface area contributed by atoms with E-state index in [0.717, 1.165) is 6.26 Å². The SMILES string of the molecule is CC(C)(C)OC(=O)NCCc1nccn2c(-c3ccnc(S(C)(=O)=O)n3)c(-c3ccc(F)cc3)nc12. The van der Waals surface area contributed by atoms with E-state index in [0.29, 0.717) is 40.4 Å². The maximum Gasteiger partial charge on any atom is 0.407 e. The predicted octanol–water partition coefficient (Wildman–Crippen LogP) is 3.46. The molecule has 3 heterocycles. The maximum atomic E-state index is 13.6. The molecule has 188 valence electrons. The first-order valence-corrected chi connectivity index (χ1v) is 12.9. The number of aromatic nitrogens is 5. The molecule has 0 fully saturated rings. The zero-order chi connectivity index (χ0) is 26.1. The molecule has 0 unspecified atom stereocenters.